The Morgan fingerprint density at radius 1 is 1.12 bits per heavy atom. The fraction of sp³-hybridized carbons (Fsp3) is 0.400. The summed E-state index contributed by atoms with van der Waals surface area (Å²) in [5.74, 6) is -2.16. The number of aromatic hydroxyl groups is 1. The molecule has 34 heavy (non-hydrogen) atoms. The zero-order valence-electron chi connectivity index (χ0n) is 19.0. The Morgan fingerprint density at radius 3 is 2.47 bits per heavy atom. The van der Waals surface area contributed by atoms with Gasteiger partial charge in [0.25, 0.3) is 5.76 Å². The maximum absolute atomic E-state index is 14.0. The van der Waals surface area contributed by atoms with E-state index >= 15 is 0 Å². The molecule has 1 aliphatic rings. The van der Waals surface area contributed by atoms with E-state index in [1.807, 2.05) is 0 Å². The molecule has 0 saturated carbocycles. The first-order valence-electron chi connectivity index (χ1n) is 11.3. The number of alkyl halides is 3. The standard InChI is InChI=1S/C25H26F3NO5/c1-3-15-6-4-5-13-29(15)14-19-20(30)12-11-18-21(31)23(24(25(26,27)28)34-22(18)19)33-17-9-7-16(32-2)8-10-17/h7-12,15,30H,3-6,13-14H2,1-2H3/p+1. The van der Waals surface area contributed by atoms with E-state index in [4.69, 9.17) is 13.9 Å². The summed E-state index contributed by atoms with van der Waals surface area (Å²) >= 11 is 0. The molecule has 6 nitrogen and oxygen atoms in total. The highest BCUT2D eigenvalue weighted by atomic mass is 19.4. The predicted octanol–water partition coefficient (Wildman–Crippen LogP) is 4.67. The monoisotopic (exact) mass is 478 g/mol. The second kappa shape index (κ2) is 9.58. The second-order valence-corrected chi connectivity index (χ2v) is 8.49. The van der Waals surface area contributed by atoms with Gasteiger partial charge in [0.1, 0.15) is 23.8 Å². The van der Waals surface area contributed by atoms with Crippen LogP contribution in [0, 0.1) is 0 Å². The van der Waals surface area contributed by atoms with E-state index in [0.29, 0.717) is 11.8 Å². The molecule has 2 atom stereocenters. The van der Waals surface area contributed by atoms with Crippen molar-refractivity contribution in [1.29, 1.82) is 0 Å². The number of benzene rings is 2. The molecule has 0 radical (unpaired) electrons. The van der Waals surface area contributed by atoms with Gasteiger partial charge in [0, 0.05) is 0 Å². The highest BCUT2D eigenvalue weighted by molar-refractivity contribution is 5.83. The minimum Gasteiger partial charge on any atom is -0.507 e. The van der Waals surface area contributed by atoms with Gasteiger partial charge in [-0.2, -0.15) is 13.2 Å². The molecule has 1 fully saturated rings. The third kappa shape index (κ3) is 4.70. The summed E-state index contributed by atoms with van der Waals surface area (Å²) in [6.07, 6.45) is -0.965. The van der Waals surface area contributed by atoms with E-state index in [2.05, 4.69) is 6.92 Å². The van der Waals surface area contributed by atoms with E-state index in [1.54, 1.807) is 0 Å². The summed E-state index contributed by atoms with van der Waals surface area (Å²) < 4.78 is 57.7. The average molecular weight is 478 g/mol. The van der Waals surface area contributed by atoms with E-state index in [1.165, 1.54) is 43.5 Å². The van der Waals surface area contributed by atoms with Gasteiger partial charge in [-0.25, -0.2) is 0 Å². The molecule has 9 heteroatoms. The molecule has 0 aliphatic carbocycles. The van der Waals surface area contributed by atoms with Crippen LogP contribution in [0.2, 0.25) is 0 Å². The van der Waals surface area contributed by atoms with Crippen molar-refractivity contribution in [3.63, 3.8) is 0 Å². The van der Waals surface area contributed by atoms with Gasteiger partial charge in [0.2, 0.25) is 11.2 Å². The molecular formula is C25H27F3NO5+. The summed E-state index contributed by atoms with van der Waals surface area (Å²) in [6.45, 7) is 3.17. The summed E-state index contributed by atoms with van der Waals surface area (Å²) in [4.78, 5) is 14.4. The number of fused-ring (bicyclic) bond motifs is 1. The van der Waals surface area contributed by atoms with Crippen LogP contribution in [0.4, 0.5) is 13.2 Å². The predicted molar refractivity (Wildman–Crippen MR) is 120 cm³/mol. The van der Waals surface area contributed by atoms with Crippen LogP contribution < -0.4 is 19.8 Å². The minimum atomic E-state index is -4.98. The van der Waals surface area contributed by atoms with Crippen molar-refractivity contribution in [2.24, 2.45) is 0 Å². The lowest BCUT2D eigenvalue weighted by molar-refractivity contribution is -0.944. The van der Waals surface area contributed by atoms with Crippen LogP contribution in [0.5, 0.6) is 23.0 Å². The number of phenolic OH excluding ortho intramolecular Hbond substituents is 1. The molecule has 2 unspecified atom stereocenters. The van der Waals surface area contributed by atoms with Crippen molar-refractivity contribution in [3.8, 4) is 23.0 Å². The Morgan fingerprint density at radius 2 is 1.82 bits per heavy atom. The first kappa shape index (κ1) is 23.9. The SMILES string of the molecule is CCC1CCCC[NH+]1Cc1c(O)ccc2c(=O)c(Oc3ccc(OC)cc3)c(C(F)(F)F)oc12. The van der Waals surface area contributed by atoms with E-state index < -0.39 is 23.1 Å². The largest absolute Gasteiger partial charge is 0.507 e. The molecular weight excluding hydrogens is 451 g/mol. The van der Waals surface area contributed by atoms with Crippen molar-refractivity contribution >= 4 is 11.0 Å². The number of rotatable bonds is 6. The first-order chi connectivity index (χ1) is 16.2. The Labute approximate surface area is 194 Å². The number of quaternary nitrogens is 1. The number of nitrogens with one attached hydrogen (secondary N) is 1. The Kier molecular flexibility index (Phi) is 6.74. The number of ether oxygens (including phenoxy) is 2. The van der Waals surface area contributed by atoms with Crippen LogP contribution in [-0.4, -0.2) is 24.8 Å². The van der Waals surface area contributed by atoms with Gasteiger partial charge in [-0.05, 0) is 62.1 Å². The average Bonchev–Trinajstić information content (AvgIpc) is 2.82. The van der Waals surface area contributed by atoms with Crippen molar-refractivity contribution in [3.05, 3.63) is 57.9 Å². The van der Waals surface area contributed by atoms with Crippen molar-refractivity contribution < 1.29 is 37.1 Å². The zero-order chi connectivity index (χ0) is 24.5. The van der Waals surface area contributed by atoms with Gasteiger partial charge in [-0.15, -0.1) is 0 Å². The summed E-state index contributed by atoms with van der Waals surface area (Å²) in [7, 11) is 1.46. The molecule has 0 amide bonds. The van der Waals surface area contributed by atoms with Gasteiger partial charge in [-0.1, -0.05) is 6.92 Å². The summed E-state index contributed by atoms with van der Waals surface area (Å²) in [5, 5.41) is 10.5. The Balaban J connectivity index is 1.84. The third-order valence-corrected chi connectivity index (χ3v) is 6.41. The third-order valence-electron chi connectivity index (χ3n) is 6.41. The van der Waals surface area contributed by atoms with Gasteiger partial charge < -0.3 is 23.9 Å². The number of halogens is 3. The van der Waals surface area contributed by atoms with Gasteiger partial charge in [0.05, 0.1) is 30.6 Å². The van der Waals surface area contributed by atoms with E-state index in [-0.39, 0.29) is 34.6 Å². The highest BCUT2D eigenvalue weighted by Gasteiger charge is 2.41. The molecule has 3 aromatic rings. The molecule has 2 heterocycles. The second-order valence-electron chi connectivity index (χ2n) is 8.49. The lowest BCUT2D eigenvalue weighted by atomic mass is 9.98. The fourth-order valence-electron chi connectivity index (χ4n) is 4.60. The number of hydrogen-bond donors (Lipinski definition) is 2. The summed E-state index contributed by atoms with van der Waals surface area (Å²) in [6, 6.07) is 8.73. The molecule has 2 N–H and O–H groups in total. The van der Waals surface area contributed by atoms with Crippen LogP contribution >= 0.6 is 0 Å². The maximum atomic E-state index is 14.0. The van der Waals surface area contributed by atoms with Gasteiger partial charge >= 0.3 is 6.18 Å². The van der Waals surface area contributed by atoms with Crippen molar-refractivity contribution in [2.75, 3.05) is 13.7 Å². The highest BCUT2D eigenvalue weighted by Crippen LogP contribution is 2.40. The van der Waals surface area contributed by atoms with Gasteiger partial charge in [0.15, 0.2) is 5.58 Å². The van der Waals surface area contributed by atoms with E-state index in [9.17, 15) is 23.1 Å². The van der Waals surface area contributed by atoms with Crippen molar-refractivity contribution in [1.82, 2.24) is 0 Å². The number of piperidine rings is 1. The topological polar surface area (TPSA) is 73.3 Å². The molecule has 1 saturated heterocycles. The number of phenols is 1. The van der Waals surface area contributed by atoms with Crippen molar-refractivity contribution in [2.45, 2.75) is 51.4 Å². The van der Waals surface area contributed by atoms with Crippen LogP contribution in [-0.2, 0) is 12.7 Å². The lowest BCUT2D eigenvalue weighted by Crippen LogP contribution is -3.15. The number of likely N-dealkylation sites (tertiary alicyclic amines) is 1. The lowest BCUT2D eigenvalue weighted by Gasteiger charge is -2.32. The Hall–Kier alpha value is -3.20. The molecule has 1 aromatic heterocycles. The molecule has 2 aromatic carbocycles. The quantitative estimate of drug-likeness (QED) is 0.539. The molecule has 0 spiro atoms. The zero-order valence-corrected chi connectivity index (χ0v) is 19.0. The first-order valence-corrected chi connectivity index (χ1v) is 11.3. The molecule has 1 aliphatic heterocycles. The minimum absolute atomic E-state index is 0.0282. The van der Waals surface area contributed by atoms with Crippen LogP contribution in [0.3, 0.4) is 0 Å². The van der Waals surface area contributed by atoms with E-state index in [0.717, 1.165) is 37.1 Å². The van der Waals surface area contributed by atoms with Crippen LogP contribution in [0.25, 0.3) is 11.0 Å². The number of methoxy groups -OCH3 is 1. The number of hydrogen-bond acceptors (Lipinski definition) is 5. The Bertz CT molecular complexity index is 1220. The smallest absolute Gasteiger partial charge is 0.453 e. The van der Waals surface area contributed by atoms with Crippen LogP contribution in [0.15, 0.2) is 45.6 Å². The maximum Gasteiger partial charge on any atom is 0.453 e. The van der Waals surface area contributed by atoms with Gasteiger partial charge in [-0.3, -0.25) is 4.79 Å². The summed E-state index contributed by atoms with van der Waals surface area (Å²) in [5.41, 5.74) is -1.01. The fourth-order valence-corrected chi connectivity index (χ4v) is 4.60. The van der Waals surface area contributed by atoms with Crippen LogP contribution in [0.1, 0.15) is 43.9 Å². The normalized spacial score (nSPS) is 18.7. The molecule has 4 rings (SSSR count). The molecule has 182 valence electrons. The molecule has 0 bridgehead atoms.